The molecule has 0 bridgehead atoms. The Bertz CT molecular complexity index is 1120. The van der Waals surface area contributed by atoms with E-state index >= 15 is 0 Å². The van der Waals surface area contributed by atoms with Gasteiger partial charge in [0.1, 0.15) is 12.9 Å². The molecule has 0 unspecified atom stereocenters. The van der Waals surface area contributed by atoms with Crippen LogP contribution >= 0.6 is 0 Å². The van der Waals surface area contributed by atoms with Gasteiger partial charge in [0.05, 0.1) is 18.0 Å². The van der Waals surface area contributed by atoms with Gasteiger partial charge in [-0.15, -0.1) is 0 Å². The fraction of sp³-hybridized carbons (Fsp3) is 0.261. The summed E-state index contributed by atoms with van der Waals surface area (Å²) in [6.07, 6.45) is 0.600. The molecule has 31 heavy (non-hydrogen) atoms. The third kappa shape index (κ3) is 4.53. The lowest BCUT2D eigenvalue weighted by atomic mass is 10.0. The van der Waals surface area contributed by atoms with E-state index in [9.17, 15) is 9.59 Å². The second kappa shape index (κ2) is 9.80. The summed E-state index contributed by atoms with van der Waals surface area (Å²) >= 11 is 0. The zero-order valence-electron chi connectivity index (χ0n) is 17.8. The summed E-state index contributed by atoms with van der Waals surface area (Å²) < 4.78 is 12.5. The molecule has 0 aliphatic carbocycles. The molecule has 1 amide bonds. The van der Waals surface area contributed by atoms with Gasteiger partial charge in [0.2, 0.25) is 0 Å². The Morgan fingerprint density at radius 2 is 1.81 bits per heavy atom. The number of benzene rings is 2. The zero-order chi connectivity index (χ0) is 22.4. The SMILES string of the molecule is CCc1c(/C(=N\OC)C(N)=O)c2c(OCC(=O)OC)cccc2n1Cc1ccccc1. The van der Waals surface area contributed by atoms with Gasteiger partial charge in [0.15, 0.2) is 12.3 Å². The summed E-state index contributed by atoms with van der Waals surface area (Å²) in [5.74, 6) is -0.818. The first-order chi connectivity index (χ1) is 15.0. The molecular weight excluding hydrogens is 398 g/mol. The number of nitrogens with two attached hydrogens (primary N) is 1. The van der Waals surface area contributed by atoms with Crippen LogP contribution in [0.4, 0.5) is 0 Å². The molecule has 0 aliphatic heterocycles. The van der Waals surface area contributed by atoms with Crippen LogP contribution in [0.25, 0.3) is 10.9 Å². The van der Waals surface area contributed by atoms with Crippen LogP contribution < -0.4 is 10.5 Å². The van der Waals surface area contributed by atoms with Crippen LogP contribution in [0.5, 0.6) is 5.75 Å². The highest BCUT2D eigenvalue weighted by molar-refractivity contribution is 6.47. The van der Waals surface area contributed by atoms with Gasteiger partial charge in [-0.2, -0.15) is 0 Å². The lowest BCUT2D eigenvalue weighted by Crippen LogP contribution is -2.26. The number of hydrogen-bond acceptors (Lipinski definition) is 6. The number of primary amides is 1. The van der Waals surface area contributed by atoms with Crippen LogP contribution in [-0.4, -0.2) is 43.0 Å². The summed E-state index contributed by atoms with van der Waals surface area (Å²) in [4.78, 5) is 28.8. The van der Waals surface area contributed by atoms with Gasteiger partial charge < -0.3 is 24.6 Å². The molecule has 3 aromatic rings. The van der Waals surface area contributed by atoms with Crippen molar-refractivity contribution in [3.63, 3.8) is 0 Å². The smallest absolute Gasteiger partial charge is 0.343 e. The number of amides is 1. The third-order valence-corrected chi connectivity index (χ3v) is 4.90. The number of carbonyl (C=O) groups is 2. The minimum Gasteiger partial charge on any atom is -0.481 e. The van der Waals surface area contributed by atoms with Crippen molar-refractivity contribution in [1.82, 2.24) is 4.57 Å². The maximum absolute atomic E-state index is 12.3. The summed E-state index contributed by atoms with van der Waals surface area (Å²) in [5, 5.41) is 4.54. The molecule has 8 nitrogen and oxygen atoms in total. The van der Waals surface area contributed by atoms with Gasteiger partial charge >= 0.3 is 5.97 Å². The standard InChI is InChI=1S/C23H25N3O5/c1-4-16-21(22(23(24)28)25-30-3)20-17(26(16)13-15-9-6-5-7-10-15)11-8-12-18(20)31-14-19(27)29-2/h5-12H,4,13-14H2,1-3H3,(H2,24,28)/b25-22+. The van der Waals surface area contributed by atoms with Crippen molar-refractivity contribution < 1.29 is 23.9 Å². The average molecular weight is 423 g/mol. The molecule has 8 heteroatoms. The number of nitrogens with zero attached hydrogens (tertiary/aromatic N) is 2. The monoisotopic (exact) mass is 423 g/mol. The minimum absolute atomic E-state index is 0.00900. The second-order valence-corrected chi connectivity index (χ2v) is 6.75. The Hall–Kier alpha value is -3.81. The van der Waals surface area contributed by atoms with E-state index in [0.717, 1.165) is 16.8 Å². The molecule has 0 saturated heterocycles. The summed E-state index contributed by atoms with van der Waals surface area (Å²) in [6.45, 7) is 2.29. The van der Waals surface area contributed by atoms with Crippen LogP contribution in [-0.2, 0) is 32.1 Å². The number of fused-ring (bicyclic) bond motifs is 1. The van der Waals surface area contributed by atoms with Gasteiger partial charge in [-0.3, -0.25) is 4.79 Å². The molecule has 2 aromatic carbocycles. The summed E-state index contributed by atoms with van der Waals surface area (Å²) in [6, 6.07) is 15.4. The Balaban J connectivity index is 2.30. The van der Waals surface area contributed by atoms with Crippen LogP contribution in [0.15, 0.2) is 53.7 Å². The number of rotatable bonds is 9. The predicted octanol–water partition coefficient (Wildman–Crippen LogP) is 2.64. The van der Waals surface area contributed by atoms with Crippen molar-refractivity contribution in [1.29, 1.82) is 0 Å². The molecule has 3 rings (SSSR count). The van der Waals surface area contributed by atoms with Gasteiger partial charge in [-0.25, -0.2) is 4.79 Å². The molecule has 2 N–H and O–H groups in total. The molecule has 0 saturated carbocycles. The molecule has 1 heterocycles. The molecular formula is C23H25N3O5. The van der Waals surface area contributed by atoms with Gasteiger partial charge in [-0.05, 0) is 24.1 Å². The number of methoxy groups -OCH3 is 1. The highest BCUT2D eigenvalue weighted by atomic mass is 16.6. The summed E-state index contributed by atoms with van der Waals surface area (Å²) in [7, 11) is 2.64. The van der Waals surface area contributed by atoms with E-state index in [2.05, 4.69) is 14.5 Å². The fourth-order valence-corrected chi connectivity index (χ4v) is 3.61. The number of hydrogen-bond donors (Lipinski definition) is 1. The molecule has 1 aromatic heterocycles. The van der Waals surface area contributed by atoms with Crippen LogP contribution in [0, 0.1) is 0 Å². The maximum Gasteiger partial charge on any atom is 0.343 e. The number of oxime groups is 1. The first-order valence-corrected chi connectivity index (χ1v) is 9.80. The highest BCUT2D eigenvalue weighted by Gasteiger charge is 2.26. The van der Waals surface area contributed by atoms with Crippen molar-refractivity contribution in [2.24, 2.45) is 10.9 Å². The molecule has 0 spiro atoms. The molecule has 0 radical (unpaired) electrons. The Kier molecular flexibility index (Phi) is 6.92. The average Bonchev–Trinajstić information content (AvgIpc) is 3.09. The van der Waals surface area contributed by atoms with E-state index in [-0.39, 0.29) is 12.3 Å². The van der Waals surface area contributed by atoms with Gasteiger partial charge in [0.25, 0.3) is 5.91 Å². The highest BCUT2D eigenvalue weighted by Crippen LogP contribution is 2.35. The van der Waals surface area contributed by atoms with Crippen molar-refractivity contribution in [2.75, 3.05) is 20.8 Å². The van der Waals surface area contributed by atoms with Crippen molar-refractivity contribution in [2.45, 2.75) is 19.9 Å². The summed E-state index contributed by atoms with van der Waals surface area (Å²) in [5.41, 5.74) is 8.93. The van der Waals surface area contributed by atoms with E-state index in [1.165, 1.54) is 14.2 Å². The normalized spacial score (nSPS) is 11.4. The molecule has 162 valence electrons. The molecule has 0 fully saturated rings. The fourth-order valence-electron chi connectivity index (χ4n) is 3.61. The van der Waals surface area contributed by atoms with Crippen LogP contribution in [0.1, 0.15) is 23.7 Å². The van der Waals surface area contributed by atoms with Crippen molar-refractivity contribution in [3.8, 4) is 5.75 Å². The zero-order valence-corrected chi connectivity index (χ0v) is 17.8. The third-order valence-electron chi connectivity index (χ3n) is 4.90. The quantitative estimate of drug-likeness (QED) is 0.324. The Labute approximate surface area is 180 Å². The Morgan fingerprint density at radius 1 is 1.06 bits per heavy atom. The van der Waals surface area contributed by atoms with Gasteiger partial charge in [-0.1, -0.05) is 48.5 Å². The minimum atomic E-state index is -0.724. The van der Waals surface area contributed by atoms with E-state index in [4.69, 9.17) is 15.3 Å². The van der Waals surface area contributed by atoms with Crippen molar-refractivity contribution >= 4 is 28.5 Å². The van der Waals surface area contributed by atoms with E-state index in [1.54, 1.807) is 6.07 Å². The molecule has 0 aliphatic rings. The number of carbonyl (C=O) groups excluding carboxylic acids is 2. The van der Waals surface area contributed by atoms with E-state index in [1.807, 2.05) is 49.4 Å². The lowest BCUT2D eigenvalue weighted by Gasteiger charge is -2.11. The Morgan fingerprint density at radius 3 is 2.42 bits per heavy atom. The number of aromatic nitrogens is 1. The number of esters is 1. The van der Waals surface area contributed by atoms with E-state index in [0.29, 0.717) is 29.7 Å². The van der Waals surface area contributed by atoms with Crippen molar-refractivity contribution in [3.05, 3.63) is 65.4 Å². The lowest BCUT2D eigenvalue weighted by molar-refractivity contribution is -0.142. The van der Waals surface area contributed by atoms with Crippen LogP contribution in [0.3, 0.4) is 0 Å². The second-order valence-electron chi connectivity index (χ2n) is 6.75. The topological polar surface area (TPSA) is 105 Å². The first kappa shape index (κ1) is 21.9. The maximum atomic E-state index is 12.3. The van der Waals surface area contributed by atoms with E-state index < -0.39 is 11.9 Å². The number of ether oxygens (including phenoxy) is 2. The van der Waals surface area contributed by atoms with Crippen LogP contribution in [0.2, 0.25) is 0 Å². The largest absolute Gasteiger partial charge is 0.481 e. The molecule has 0 atom stereocenters. The van der Waals surface area contributed by atoms with Gasteiger partial charge in [0, 0.05) is 17.8 Å². The predicted molar refractivity (Wildman–Crippen MR) is 117 cm³/mol. The first-order valence-electron chi connectivity index (χ1n) is 9.80.